The van der Waals surface area contributed by atoms with Crippen LogP contribution in [0.25, 0.3) is 11.0 Å². The van der Waals surface area contributed by atoms with E-state index in [-0.39, 0.29) is 6.42 Å². The number of furan rings is 1. The zero-order valence-corrected chi connectivity index (χ0v) is 8.90. The van der Waals surface area contributed by atoms with Crippen LogP contribution < -0.4 is 4.74 Å². The molecule has 0 radical (unpaired) electrons. The summed E-state index contributed by atoms with van der Waals surface area (Å²) in [6, 6.07) is 5.57. The molecule has 1 aromatic carbocycles. The Labute approximate surface area is 92.4 Å². The van der Waals surface area contributed by atoms with E-state index in [1.807, 2.05) is 18.2 Å². The standard InChI is InChI=1S/C12H12O4/c1-15-10-7-8(2-3-11(13)14)6-9-4-5-16-12(9)10/h4-7H,2-3H2,1H3,(H,13,14). The minimum atomic E-state index is -0.800. The third kappa shape index (κ3) is 2.00. The van der Waals surface area contributed by atoms with E-state index in [4.69, 9.17) is 14.3 Å². The molecule has 1 N–H and O–H groups in total. The molecule has 0 saturated carbocycles. The normalized spacial score (nSPS) is 10.6. The zero-order valence-electron chi connectivity index (χ0n) is 8.90. The molecule has 0 atom stereocenters. The first-order valence-electron chi connectivity index (χ1n) is 4.96. The molecule has 4 heteroatoms. The lowest BCUT2D eigenvalue weighted by Crippen LogP contribution is -1.97. The van der Waals surface area contributed by atoms with Crippen LogP contribution >= 0.6 is 0 Å². The summed E-state index contributed by atoms with van der Waals surface area (Å²) in [6.07, 6.45) is 2.20. The molecule has 4 nitrogen and oxygen atoms in total. The van der Waals surface area contributed by atoms with Gasteiger partial charge in [0.2, 0.25) is 0 Å². The number of ether oxygens (including phenoxy) is 1. The molecule has 0 unspecified atom stereocenters. The number of benzene rings is 1. The third-order valence-electron chi connectivity index (χ3n) is 2.42. The molecule has 16 heavy (non-hydrogen) atoms. The number of aryl methyl sites for hydroxylation is 1. The molecule has 0 aliphatic heterocycles. The second-order valence-electron chi connectivity index (χ2n) is 3.53. The van der Waals surface area contributed by atoms with Gasteiger partial charge in [-0.25, -0.2) is 0 Å². The topological polar surface area (TPSA) is 59.7 Å². The Kier molecular flexibility index (Phi) is 2.81. The van der Waals surface area contributed by atoms with E-state index in [1.165, 1.54) is 0 Å². The van der Waals surface area contributed by atoms with Crippen molar-refractivity contribution in [3.8, 4) is 5.75 Å². The molecular formula is C12H12O4. The van der Waals surface area contributed by atoms with E-state index in [9.17, 15) is 4.79 Å². The van der Waals surface area contributed by atoms with E-state index >= 15 is 0 Å². The summed E-state index contributed by atoms with van der Waals surface area (Å²) in [5, 5.41) is 9.56. The predicted octanol–water partition coefficient (Wildman–Crippen LogP) is 2.46. The second kappa shape index (κ2) is 4.26. The fourth-order valence-corrected chi connectivity index (χ4v) is 1.66. The summed E-state index contributed by atoms with van der Waals surface area (Å²) in [5.41, 5.74) is 1.63. The van der Waals surface area contributed by atoms with Crippen LogP contribution in [-0.4, -0.2) is 18.2 Å². The van der Waals surface area contributed by atoms with Gasteiger partial charge in [-0.1, -0.05) is 0 Å². The summed E-state index contributed by atoms with van der Waals surface area (Å²) in [7, 11) is 1.57. The number of fused-ring (bicyclic) bond motifs is 1. The highest BCUT2D eigenvalue weighted by Gasteiger charge is 2.08. The Morgan fingerprint density at radius 2 is 2.31 bits per heavy atom. The van der Waals surface area contributed by atoms with Crippen molar-refractivity contribution in [1.82, 2.24) is 0 Å². The average Bonchev–Trinajstić information content (AvgIpc) is 2.73. The average molecular weight is 220 g/mol. The maximum Gasteiger partial charge on any atom is 0.303 e. The number of carboxylic acid groups (broad SMARTS) is 1. The van der Waals surface area contributed by atoms with Crippen molar-refractivity contribution in [1.29, 1.82) is 0 Å². The molecule has 0 fully saturated rings. The van der Waals surface area contributed by atoms with Gasteiger partial charge in [-0.2, -0.15) is 0 Å². The summed E-state index contributed by atoms with van der Waals surface area (Å²) < 4.78 is 10.5. The van der Waals surface area contributed by atoms with Crippen LogP contribution in [-0.2, 0) is 11.2 Å². The van der Waals surface area contributed by atoms with E-state index in [0.29, 0.717) is 17.8 Å². The number of hydrogen-bond acceptors (Lipinski definition) is 3. The molecule has 2 aromatic rings. The first-order valence-corrected chi connectivity index (χ1v) is 4.96. The number of rotatable bonds is 4. The van der Waals surface area contributed by atoms with Gasteiger partial charge in [-0.05, 0) is 30.2 Å². The minimum absolute atomic E-state index is 0.118. The van der Waals surface area contributed by atoms with Gasteiger partial charge in [0.25, 0.3) is 0 Å². The van der Waals surface area contributed by atoms with Gasteiger partial charge in [-0.15, -0.1) is 0 Å². The molecule has 0 saturated heterocycles. The Bertz CT molecular complexity index is 513. The van der Waals surface area contributed by atoms with Gasteiger partial charge in [0.1, 0.15) is 0 Å². The predicted molar refractivity (Wildman–Crippen MR) is 58.7 cm³/mol. The Hall–Kier alpha value is -1.97. The molecule has 0 amide bonds. The van der Waals surface area contributed by atoms with E-state index < -0.39 is 5.97 Å². The summed E-state index contributed by atoms with van der Waals surface area (Å²) in [5.74, 6) is -0.158. The highest BCUT2D eigenvalue weighted by molar-refractivity contribution is 5.84. The summed E-state index contributed by atoms with van der Waals surface area (Å²) in [6.45, 7) is 0. The van der Waals surface area contributed by atoms with Crippen molar-refractivity contribution in [3.63, 3.8) is 0 Å². The van der Waals surface area contributed by atoms with Gasteiger partial charge in [-0.3, -0.25) is 4.79 Å². The van der Waals surface area contributed by atoms with Crippen molar-refractivity contribution in [3.05, 3.63) is 30.0 Å². The summed E-state index contributed by atoms with van der Waals surface area (Å²) >= 11 is 0. The van der Waals surface area contributed by atoms with Crippen LogP contribution in [0, 0.1) is 0 Å². The molecule has 0 aliphatic carbocycles. The number of methoxy groups -OCH3 is 1. The van der Waals surface area contributed by atoms with Crippen molar-refractivity contribution in [2.45, 2.75) is 12.8 Å². The number of carboxylic acids is 1. The number of carbonyl (C=O) groups is 1. The molecule has 1 heterocycles. The van der Waals surface area contributed by atoms with Crippen molar-refractivity contribution in [2.24, 2.45) is 0 Å². The van der Waals surface area contributed by atoms with Crippen molar-refractivity contribution < 1.29 is 19.1 Å². The largest absolute Gasteiger partial charge is 0.493 e. The Morgan fingerprint density at radius 1 is 1.50 bits per heavy atom. The van der Waals surface area contributed by atoms with Gasteiger partial charge in [0, 0.05) is 11.8 Å². The van der Waals surface area contributed by atoms with Crippen LogP contribution in [0.2, 0.25) is 0 Å². The van der Waals surface area contributed by atoms with E-state index in [2.05, 4.69) is 0 Å². The smallest absolute Gasteiger partial charge is 0.303 e. The fourth-order valence-electron chi connectivity index (χ4n) is 1.66. The maximum absolute atomic E-state index is 10.5. The molecule has 0 spiro atoms. The van der Waals surface area contributed by atoms with Crippen LogP contribution in [0.3, 0.4) is 0 Å². The lowest BCUT2D eigenvalue weighted by Gasteiger charge is -2.04. The third-order valence-corrected chi connectivity index (χ3v) is 2.42. The fraction of sp³-hybridized carbons (Fsp3) is 0.250. The Morgan fingerprint density at radius 3 is 3.00 bits per heavy atom. The van der Waals surface area contributed by atoms with E-state index in [0.717, 1.165) is 10.9 Å². The van der Waals surface area contributed by atoms with Crippen molar-refractivity contribution >= 4 is 16.9 Å². The van der Waals surface area contributed by atoms with Gasteiger partial charge < -0.3 is 14.3 Å². The maximum atomic E-state index is 10.5. The molecule has 1 aromatic heterocycles. The number of hydrogen-bond donors (Lipinski definition) is 1. The van der Waals surface area contributed by atoms with Crippen LogP contribution in [0.15, 0.2) is 28.9 Å². The van der Waals surface area contributed by atoms with E-state index in [1.54, 1.807) is 13.4 Å². The quantitative estimate of drug-likeness (QED) is 0.859. The minimum Gasteiger partial charge on any atom is -0.493 e. The number of aliphatic carboxylic acids is 1. The molecule has 0 aliphatic rings. The molecular weight excluding hydrogens is 208 g/mol. The summed E-state index contributed by atoms with van der Waals surface area (Å²) in [4.78, 5) is 10.5. The Balaban J connectivity index is 2.35. The molecule has 84 valence electrons. The molecule has 0 bridgehead atoms. The SMILES string of the molecule is COc1cc(CCC(=O)O)cc2ccoc12. The first-order chi connectivity index (χ1) is 7.70. The zero-order chi connectivity index (χ0) is 11.5. The van der Waals surface area contributed by atoms with Gasteiger partial charge in [0.15, 0.2) is 11.3 Å². The second-order valence-corrected chi connectivity index (χ2v) is 3.53. The first kappa shape index (κ1) is 10.5. The van der Waals surface area contributed by atoms with Crippen LogP contribution in [0.1, 0.15) is 12.0 Å². The monoisotopic (exact) mass is 220 g/mol. The lowest BCUT2D eigenvalue weighted by atomic mass is 10.1. The van der Waals surface area contributed by atoms with Gasteiger partial charge in [0.05, 0.1) is 13.4 Å². The molecule has 2 rings (SSSR count). The van der Waals surface area contributed by atoms with Crippen molar-refractivity contribution in [2.75, 3.05) is 7.11 Å². The van der Waals surface area contributed by atoms with Crippen LogP contribution in [0.4, 0.5) is 0 Å². The highest BCUT2D eigenvalue weighted by atomic mass is 16.5. The highest BCUT2D eigenvalue weighted by Crippen LogP contribution is 2.28. The lowest BCUT2D eigenvalue weighted by molar-refractivity contribution is -0.136. The van der Waals surface area contributed by atoms with Crippen LogP contribution in [0.5, 0.6) is 5.75 Å². The van der Waals surface area contributed by atoms with Gasteiger partial charge >= 0.3 is 5.97 Å².